The highest BCUT2D eigenvalue weighted by Crippen LogP contribution is 2.19. The number of rotatable bonds is 3. The smallest absolute Gasteiger partial charge is 0.316 e. The van der Waals surface area contributed by atoms with E-state index in [1.54, 1.807) is 24.3 Å². The van der Waals surface area contributed by atoms with Crippen molar-refractivity contribution < 1.29 is 9.53 Å². The Morgan fingerprint density at radius 1 is 1.29 bits per heavy atom. The fourth-order valence-electron chi connectivity index (χ4n) is 1.33. The lowest BCUT2D eigenvalue weighted by Gasteiger charge is -2.04. The number of hydrogen-bond acceptors (Lipinski definition) is 4. The quantitative estimate of drug-likeness (QED) is 0.816. The Morgan fingerprint density at radius 3 is 2.65 bits per heavy atom. The van der Waals surface area contributed by atoms with Crippen LogP contribution in [-0.2, 0) is 0 Å². The third-order valence-electron chi connectivity index (χ3n) is 2.16. The fraction of sp³-hybridized carbons (Fsp3) is 0.0833. The molecule has 5 heteroatoms. The van der Waals surface area contributed by atoms with Crippen LogP contribution in [0.2, 0.25) is 0 Å². The van der Waals surface area contributed by atoms with E-state index in [4.69, 9.17) is 4.74 Å². The largest absolute Gasteiger partial charge is 0.467 e. The Morgan fingerprint density at radius 2 is 2.00 bits per heavy atom. The summed E-state index contributed by atoms with van der Waals surface area (Å²) in [7, 11) is 1.46. The first-order chi connectivity index (χ1) is 8.22. The van der Waals surface area contributed by atoms with Gasteiger partial charge in [-0.3, -0.25) is 4.79 Å². The molecule has 0 fully saturated rings. The number of benzene rings is 1. The molecule has 0 spiro atoms. The van der Waals surface area contributed by atoms with Crippen LogP contribution in [0.4, 0.5) is 0 Å². The molecule has 0 saturated carbocycles. The Bertz CT molecular complexity index is 543. The zero-order valence-corrected chi connectivity index (χ0v) is 10.6. The summed E-state index contributed by atoms with van der Waals surface area (Å²) in [6, 6.07) is 9.12. The molecule has 17 heavy (non-hydrogen) atoms. The van der Waals surface area contributed by atoms with Crippen molar-refractivity contribution in [3.8, 4) is 6.01 Å². The minimum Gasteiger partial charge on any atom is -0.467 e. The predicted molar refractivity (Wildman–Crippen MR) is 66.2 cm³/mol. The lowest BCUT2D eigenvalue weighted by atomic mass is 10.1. The van der Waals surface area contributed by atoms with E-state index in [9.17, 15) is 4.79 Å². The number of methoxy groups -OCH3 is 1. The van der Waals surface area contributed by atoms with Crippen LogP contribution in [0, 0.1) is 0 Å². The molecule has 0 atom stereocenters. The molecule has 86 valence electrons. The van der Waals surface area contributed by atoms with Crippen LogP contribution in [-0.4, -0.2) is 22.9 Å². The molecular weight excluding hydrogens is 284 g/mol. The van der Waals surface area contributed by atoms with E-state index in [1.807, 2.05) is 6.07 Å². The molecule has 2 rings (SSSR count). The lowest BCUT2D eigenvalue weighted by molar-refractivity contribution is 0.103. The van der Waals surface area contributed by atoms with Gasteiger partial charge in [0.15, 0.2) is 0 Å². The second kappa shape index (κ2) is 5.05. The van der Waals surface area contributed by atoms with Crippen molar-refractivity contribution in [3.05, 3.63) is 52.3 Å². The maximum Gasteiger partial charge on any atom is 0.316 e. The van der Waals surface area contributed by atoms with Gasteiger partial charge < -0.3 is 4.74 Å². The molecule has 1 aromatic heterocycles. The molecule has 0 aliphatic rings. The van der Waals surface area contributed by atoms with Crippen LogP contribution in [0.5, 0.6) is 6.01 Å². The summed E-state index contributed by atoms with van der Waals surface area (Å²) < 4.78 is 5.45. The molecule has 4 nitrogen and oxygen atoms in total. The van der Waals surface area contributed by atoms with Gasteiger partial charge in [0.1, 0.15) is 5.69 Å². The topological polar surface area (TPSA) is 52.1 Å². The van der Waals surface area contributed by atoms with Crippen molar-refractivity contribution in [2.24, 2.45) is 0 Å². The van der Waals surface area contributed by atoms with Crippen LogP contribution >= 0.6 is 15.9 Å². The second-order valence-electron chi connectivity index (χ2n) is 3.25. The number of hydrogen-bond donors (Lipinski definition) is 0. The fourth-order valence-corrected chi connectivity index (χ4v) is 1.71. The molecule has 0 aliphatic heterocycles. The van der Waals surface area contributed by atoms with Crippen molar-refractivity contribution in [1.29, 1.82) is 0 Å². The van der Waals surface area contributed by atoms with Crippen LogP contribution in [0.1, 0.15) is 16.1 Å². The maximum absolute atomic E-state index is 12.2. The molecule has 0 unspecified atom stereocenters. The van der Waals surface area contributed by atoms with Gasteiger partial charge in [-0.1, -0.05) is 30.3 Å². The van der Waals surface area contributed by atoms with Gasteiger partial charge in [-0.15, -0.1) is 0 Å². The molecule has 0 N–H and O–H groups in total. The zero-order valence-electron chi connectivity index (χ0n) is 9.05. The summed E-state index contributed by atoms with van der Waals surface area (Å²) >= 11 is 3.26. The number of nitrogens with zero attached hydrogens (tertiary/aromatic N) is 2. The maximum atomic E-state index is 12.2. The molecule has 1 heterocycles. The van der Waals surface area contributed by atoms with Gasteiger partial charge in [-0.05, 0) is 15.9 Å². The minimum atomic E-state index is -0.168. The van der Waals surface area contributed by atoms with E-state index >= 15 is 0 Å². The number of halogens is 1. The van der Waals surface area contributed by atoms with E-state index < -0.39 is 0 Å². The van der Waals surface area contributed by atoms with Gasteiger partial charge in [0, 0.05) is 11.8 Å². The number of ketones is 1. The summed E-state index contributed by atoms with van der Waals surface area (Å²) in [6.45, 7) is 0. The van der Waals surface area contributed by atoms with Crippen LogP contribution in [0.25, 0.3) is 0 Å². The van der Waals surface area contributed by atoms with Gasteiger partial charge in [0.05, 0.1) is 11.6 Å². The summed E-state index contributed by atoms with van der Waals surface area (Å²) in [5.41, 5.74) is 0.872. The van der Waals surface area contributed by atoms with Crippen LogP contribution < -0.4 is 4.74 Å². The number of aromatic nitrogens is 2. The molecule has 0 bridgehead atoms. The van der Waals surface area contributed by atoms with Crippen molar-refractivity contribution >= 4 is 21.7 Å². The molecule has 0 aliphatic carbocycles. The van der Waals surface area contributed by atoms with E-state index in [1.165, 1.54) is 13.3 Å². The summed E-state index contributed by atoms with van der Waals surface area (Å²) in [4.78, 5) is 20.1. The minimum absolute atomic E-state index is 0.168. The van der Waals surface area contributed by atoms with Gasteiger partial charge in [0.2, 0.25) is 5.78 Å². The van der Waals surface area contributed by atoms with Crippen molar-refractivity contribution in [2.45, 2.75) is 0 Å². The number of carbonyl (C=O) groups excluding carboxylic acids is 1. The highest BCUT2D eigenvalue weighted by molar-refractivity contribution is 9.10. The molecular formula is C12H9BrN2O2. The first-order valence-corrected chi connectivity index (χ1v) is 5.68. The second-order valence-corrected chi connectivity index (χ2v) is 4.10. The Labute approximate surface area is 107 Å². The third kappa shape index (κ3) is 2.50. The number of carbonyl (C=O) groups is 1. The van der Waals surface area contributed by atoms with Gasteiger partial charge in [0.25, 0.3) is 0 Å². The van der Waals surface area contributed by atoms with E-state index in [0.717, 1.165) is 0 Å². The average molecular weight is 293 g/mol. The third-order valence-corrected chi connectivity index (χ3v) is 2.74. The van der Waals surface area contributed by atoms with E-state index in [2.05, 4.69) is 25.9 Å². The molecule has 0 amide bonds. The summed E-state index contributed by atoms with van der Waals surface area (Å²) in [5.74, 6) is -0.168. The van der Waals surface area contributed by atoms with Crippen molar-refractivity contribution in [3.63, 3.8) is 0 Å². The molecule has 1 aromatic carbocycles. The highest BCUT2D eigenvalue weighted by atomic mass is 79.9. The lowest BCUT2D eigenvalue weighted by Crippen LogP contribution is -2.07. The standard InChI is InChI=1S/C12H9BrN2O2/c1-17-12-14-7-9(13)10(15-12)11(16)8-5-3-2-4-6-8/h2-7H,1H3. The monoisotopic (exact) mass is 292 g/mol. The number of ether oxygens (including phenoxy) is 1. The van der Waals surface area contributed by atoms with Gasteiger partial charge in [-0.2, -0.15) is 4.98 Å². The van der Waals surface area contributed by atoms with Crippen LogP contribution in [0.15, 0.2) is 41.0 Å². The molecule has 0 saturated heterocycles. The SMILES string of the molecule is COc1ncc(Br)c(C(=O)c2ccccc2)n1. The predicted octanol–water partition coefficient (Wildman–Crippen LogP) is 2.48. The van der Waals surface area contributed by atoms with Crippen LogP contribution in [0.3, 0.4) is 0 Å². The Kier molecular flexibility index (Phi) is 3.49. The molecule has 2 aromatic rings. The Hall–Kier alpha value is -1.75. The van der Waals surface area contributed by atoms with Crippen molar-refractivity contribution in [2.75, 3.05) is 7.11 Å². The average Bonchev–Trinajstić information content (AvgIpc) is 2.39. The Balaban J connectivity index is 2.44. The first-order valence-electron chi connectivity index (χ1n) is 4.88. The van der Waals surface area contributed by atoms with E-state index in [0.29, 0.717) is 15.7 Å². The zero-order chi connectivity index (χ0) is 12.3. The van der Waals surface area contributed by atoms with E-state index in [-0.39, 0.29) is 11.8 Å². The first kappa shape index (κ1) is 11.7. The van der Waals surface area contributed by atoms with Gasteiger partial charge >= 0.3 is 6.01 Å². The summed E-state index contributed by atoms with van der Waals surface area (Å²) in [5, 5.41) is 0. The van der Waals surface area contributed by atoms with Crippen molar-refractivity contribution in [1.82, 2.24) is 9.97 Å². The summed E-state index contributed by atoms with van der Waals surface area (Å²) in [6.07, 6.45) is 1.50. The van der Waals surface area contributed by atoms with Gasteiger partial charge in [-0.25, -0.2) is 4.98 Å². The normalized spacial score (nSPS) is 10.0. The molecule has 0 radical (unpaired) electrons. The highest BCUT2D eigenvalue weighted by Gasteiger charge is 2.15.